The molecule has 1 atom stereocenters. The number of nitrogens with one attached hydrogen (secondary N) is 2. The molecule has 0 saturated carbocycles. The van der Waals surface area contributed by atoms with E-state index in [-0.39, 0.29) is 5.78 Å². The highest BCUT2D eigenvalue weighted by Gasteiger charge is 2.24. The number of hydrogen-bond acceptors (Lipinski definition) is 4. The largest absolute Gasteiger partial charge is 0.493 e. The quantitative estimate of drug-likeness (QED) is 0.427. The fourth-order valence-electron chi connectivity index (χ4n) is 3.47. The van der Waals surface area contributed by atoms with Crippen molar-refractivity contribution in [2.24, 2.45) is 0 Å². The smallest absolute Gasteiger partial charge is 0.191 e. The zero-order valence-corrected chi connectivity index (χ0v) is 16.3. The van der Waals surface area contributed by atoms with Crippen LogP contribution in [0.5, 0.6) is 11.5 Å². The molecule has 0 aliphatic heterocycles. The van der Waals surface area contributed by atoms with Gasteiger partial charge in [0, 0.05) is 34.4 Å². The van der Waals surface area contributed by atoms with Crippen molar-refractivity contribution in [2.75, 3.05) is 19.5 Å². The third kappa shape index (κ3) is 3.67. The Hall–Kier alpha value is -3.73. The molecule has 0 bridgehead atoms. The summed E-state index contributed by atoms with van der Waals surface area (Å²) in [6.45, 7) is 0. The Morgan fingerprint density at radius 1 is 0.897 bits per heavy atom. The number of fused-ring (bicyclic) bond motifs is 1. The number of anilines is 1. The van der Waals surface area contributed by atoms with Crippen molar-refractivity contribution in [3.8, 4) is 11.5 Å². The van der Waals surface area contributed by atoms with Gasteiger partial charge in [-0.2, -0.15) is 0 Å². The van der Waals surface area contributed by atoms with E-state index in [1.807, 2.05) is 72.8 Å². The maximum atomic E-state index is 13.6. The zero-order valence-electron chi connectivity index (χ0n) is 16.3. The lowest BCUT2D eigenvalue weighted by molar-refractivity contribution is 0.0971. The number of carbonyl (C=O) groups excluding carboxylic acids is 1. The number of hydrogen-bond donors (Lipinski definition) is 2. The van der Waals surface area contributed by atoms with Gasteiger partial charge in [-0.05, 0) is 23.8 Å². The second kappa shape index (κ2) is 8.10. The highest BCUT2D eigenvalue weighted by Crippen LogP contribution is 2.33. The minimum absolute atomic E-state index is 0.0107. The summed E-state index contributed by atoms with van der Waals surface area (Å²) in [5.41, 5.74) is 3.25. The molecule has 4 aromatic rings. The summed E-state index contributed by atoms with van der Waals surface area (Å²) in [6.07, 6.45) is 1.78. The van der Waals surface area contributed by atoms with Crippen molar-refractivity contribution < 1.29 is 14.3 Å². The van der Waals surface area contributed by atoms with Crippen LogP contribution in [0, 0.1) is 0 Å². The molecule has 4 rings (SSSR count). The summed E-state index contributed by atoms with van der Waals surface area (Å²) in [5, 5.41) is 4.28. The van der Waals surface area contributed by atoms with Crippen molar-refractivity contribution in [3.05, 3.63) is 90.1 Å². The van der Waals surface area contributed by atoms with Gasteiger partial charge < -0.3 is 19.8 Å². The average molecular weight is 386 g/mol. The molecular weight excluding hydrogens is 364 g/mol. The molecule has 29 heavy (non-hydrogen) atoms. The predicted octanol–water partition coefficient (Wildman–Crippen LogP) is 5.22. The molecule has 0 aliphatic carbocycles. The molecule has 1 aromatic heterocycles. The standard InChI is InChI=1S/C24H22N2O3/c1-28-21-13-12-17(14-22(21)29-2)26-23(16-8-4-3-5-9-16)24(27)19-15-25-20-11-7-6-10-18(19)20/h3-15,23,25-26H,1-2H3/t23-/m0/s1. The fraction of sp³-hybridized carbons (Fsp3) is 0.125. The Labute approximate surface area is 169 Å². The maximum Gasteiger partial charge on any atom is 0.191 e. The molecular formula is C24H22N2O3. The molecule has 0 spiro atoms. The highest BCUT2D eigenvalue weighted by molar-refractivity contribution is 6.11. The molecule has 1 heterocycles. The number of para-hydroxylation sites is 1. The van der Waals surface area contributed by atoms with E-state index in [2.05, 4.69) is 10.3 Å². The fourth-order valence-corrected chi connectivity index (χ4v) is 3.47. The molecule has 146 valence electrons. The number of ketones is 1. The first-order valence-electron chi connectivity index (χ1n) is 9.35. The van der Waals surface area contributed by atoms with E-state index >= 15 is 0 Å². The minimum Gasteiger partial charge on any atom is -0.493 e. The minimum atomic E-state index is -0.548. The first-order chi connectivity index (χ1) is 14.2. The van der Waals surface area contributed by atoms with E-state index in [0.717, 1.165) is 22.2 Å². The number of methoxy groups -OCH3 is 2. The SMILES string of the molecule is COc1ccc(N[C@H](C(=O)c2c[nH]c3ccccc23)c2ccccc2)cc1OC. The zero-order chi connectivity index (χ0) is 20.2. The van der Waals surface area contributed by atoms with Crippen LogP contribution in [0.2, 0.25) is 0 Å². The molecule has 5 nitrogen and oxygen atoms in total. The summed E-state index contributed by atoms with van der Waals surface area (Å²) >= 11 is 0. The first-order valence-corrected chi connectivity index (χ1v) is 9.35. The van der Waals surface area contributed by atoms with E-state index in [1.165, 1.54) is 0 Å². The van der Waals surface area contributed by atoms with Crippen molar-refractivity contribution in [2.45, 2.75) is 6.04 Å². The average Bonchev–Trinajstić information content (AvgIpc) is 3.21. The van der Waals surface area contributed by atoms with Gasteiger partial charge in [0.2, 0.25) is 0 Å². The van der Waals surface area contributed by atoms with Gasteiger partial charge in [0.25, 0.3) is 0 Å². The van der Waals surface area contributed by atoms with Crippen LogP contribution in [0.25, 0.3) is 10.9 Å². The van der Waals surface area contributed by atoms with Crippen molar-refractivity contribution in [1.29, 1.82) is 0 Å². The van der Waals surface area contributed by atoms with E-state index in [9.17, 15) is 4.79 Å². The Morgan fingerprint density at radius 3 is 2.38 bits per heavy atom. The van der Waals surface area contributed by atoms with Gasteiger partial charge in [-0.25, -0.2) is 0 Å². The third-order valence-electron chi connectivity index (χ3n) is 4.94. The van der Waals surface area contributed by atoms with Crippen LogP contribution in [0.1, 0.15) is 22.0 Å². The van der Waals surface area contributed by atoms with Crippen LogP contribution in [0.3, 0.4) is 0 Å². The number of ether oxygens (including phenoxy) is 2. The normalized spacial score (nSPS) is 11.8. The summed E-state index contributed by atoms with van der Waals surface area (Å²) < 4.78 is 10.7. The van der Waals surface area contributed by atoms with E-state index in [1.54, 1.807) is 20.4 Å². The summed E-state index contributed by atoms with van der Waals surface area (Å²) in [7, 11) is 3.19. The Bertz CT molecular complexity index is 1140. The van der Waals surface area contributed by atoms with Gasteiger partial charge in [0.05, 0.1) is 14.2 Å². The molecule has 5 heteroatoms. The lowest BCUT2D eigenvalue weighted by atomic mass is 9.96. The summed E-state index contributed by atoms with van der Waals surface area (Å²) in [4.78, 5) is 16.8. The van der Waals surface area contributed by atoms with E-state index in [4.69, 9.17) is 9.47 Å². The van der Waals surface area contributed by atoms with Gasteiger partial charge in [0.1, 0.15) is 6.04 Å². The van der Waals surface area contributed by atoms with Crippen molar-refractivity contribution in [1.82, 2.24) is 4.98 Å². The van der Waals surface area contributed by atoms with E-state index < -0.39 is 6.04 Å². The van der Waals surface area contributed by atoms with Crippen LogP contribution in [0.4, 0.5) is 5.69 Å². The molecule has 0 fully saturated rings. The summed E-state index contributed by atoms with van der Waals surface area (Å²) in [5.74, 6) is 1.23. The van der Waals surface area contributed by atoms with Gasteiger partial charge >= 0.3 is 0 Å². The number of aromatic nitrogens is 1. The third-order valence-corrected chi connectivity index (χ3v) is 4.94. The lowest BCUT2D eigenvalue weighted by Gasteiger charge is -2.20. The van der Waals surface area contributed by atoms with Crippen LogP contribution in [0.15, 0.2) is 79.0 Å². The molecule has 2 N–H and O–H groups in total. The van der Waals surface area contributed by atoms with Gasteiger partial charge in [-0.1, -0.05) is 48.5 Å². The van der Waals surface area contributed by atoms with Gasteiger partial charge in [-0.15, -0.1) is 0 Å². The second-order valence-corrected chi connectivity index (χ2v) is 6.67. The van der Waals surface area contributed by atoms with Crippen molar-refractivity contribution in [3.63, 3.8) is 0 Å². The Balaban J connectivity index is 1.74. The van der Waals surface area contributed by atoms with Crippen LogP contribution < -0.4 is 14.8 Å². The maximum absolute atomic E-state index is 13.6. The number of aromatic amines is 1. The highest BCUT2D eigenvalue weighted by atomic mass is 16.5. The summed E-state index contributed by atoms with van der Waals surface area (Å²) in [6, 6.07) is 22.5. The Kier molecular flexibility index (Phi) is 5.20. The number of rotatable bonds is 7. The number of carbonyl (C=O) groups is 1. The van der Waals surface area contributed by atoms with Crippen LogP contribution in [-0.4, -0.2) is 25.0 Å². The number of benzene rings is 3. The predicted molar refractivity (Wildman–Crippen MR) is 115 cm³/mol. The molecule has 0 unspecified atom stereocenters. The number of Topliss-reactive ketones (excluding diaryl/α,β-unsaturated/α-hetero) is 1. The van der Waals surface area contributed by atoms with E-state index in [0.29, 0.717) is 17.1 Å². The van der Waals surface area contributed by atoms with Crippen LogP contribution in [-0.2, 0) is 0 Å². The second-order valence-electron chi connectivity index (χ2n) is 6.67. The topological polar surface area (TPSA) is 63.3 Å². The molecule has 0 radical (unpaired) electrons. The van der Waals surface area contributed by atoms with Gasteiger partial charge in [-0.3, -0.25) is 4.79 Å². The Morgan fingerprint density at radius 2 is 1.62 bits per heavy atom. The molecule has 0 aliphatic rings. The van der Waals surface area contributed by atoms with Crippen LogP contribution >= 0.6 is 0 Å². The first kappa shape index (κ1) is 18.6. The van der Waals surface area contributed by atoms with Gasteiger partial charge in [0.15, 0.2) is 17.3 Å². The lowest BCUT2D eigenvalue weighted by Crippen LogP contribution is -2.21. The molecule has 3 aromatic carbocycles. The molecule has 0 saturated heterocycles. The monoisotopic (exact) mass is 386 g/mol. The number of H-pyrrole nitrogens is 1. The van der Waals surface area contributed by atoms with Crippen molar-refractivity contribution >= 4 is 22.4 Å². The molecule has 0 amide bonds.